The van der Waals surface area contributed by atoms with Crippen molar-refractivity contribution >= 4 is 23.2 Å². The van der Waals surface area contributed by atoms with Crippen LogP contribution in [0.3, 0.4) is 0 Å². The summed E-state index contributed by atoms with van der Waals surface area (Å²) in [5.74, 6) is -0.105. The number of nitrogens with one attached hydrogen (secondary N) is 1. The monoisotopic (exact) mass is 593 g/mol. The molecule has 1 heterocycles. The average molecular weight is 594 g/mol. The number of aromatic nitrogens is 1. The molecule has 0 aliphatic heterocycles. The Morgan fingerprint density at radius 1 is 1.07 bits per heavy atom. The van der Waals surface area contributed by atoms with Crippen molar-refractivity contribution in [2.45, 2.75) is 135 Å². The topological polar surface area (TPSA) is 123 Å². The summed E-state index contributed by atoms with van der Waals surface area (Å²) < 4.78 is 0. The van der Waals surface area contributed by atoms with Gasteiger partial charge in [0.25, 0.3) is 0 Å². The summed E-state index contributed by atoms with van der Waals surface area (Å²) in [6.45, 7) is 7.97. The Bertz CT molecular complexity index is 907. The standard InChI is InChI=1S/C32H55N3O5S/c1-22(2)14-28(36)30(38)27(15-23-10-6-5-7-11-23)35(18-24-12-8-9-13-24)31(39)25(16-26-19-41-21-34-26)17-29(37)33-20-32(3,4)40/h19,21-25,27-28,30,36,38,40H,5-18,20H2,1-4H3,(H,33,37)/t25-,27+,28+,30-/m1/s1. The van der Waals surface area contributed by atoms with Gasteiger partial charge >= 0.3 is 0 Å². The molecular formula is C32H55N3O5S. The second-order valence-electron chi connectivity index (χ2n) is 13.8. The van der Waals surface area contributed by atoms with E-state index in [4.69, 9.17) is 0 Å². The van der Waals surface area contributed by atoms with E-state index in [-0.39, 0.29) is 30.7 Å². The smallest absolute Gasteiger partial charge is 0.226 e. The van der Waals surface area contributed by atoms with Crippen LogP contribution in [-0.2, 0) is 16.0 Å². The molecule has 0 aromatic carbocycles. The number of aliphatic hydroxyl groups excluding tert-OH is 2. The molecule has 0 saturated heterocycles. The molecule has 1 aromatic rings. The molecule has 234 valence electrons. The molecule has 1 aromatic heterocycles. The fourth-order valence-corrected chi connectivity index (χ4v) is 7.21. The molecule has 0 radical (unpaired) electrons. The first kappa shape index (κ1) is 33.9. The highest BCUT2D eigenvalue weighted by molar-refractivity contribution is 7.07. The molecule has 4 N–H and O–H groups in total. The van der Waals surface area contributed by atoms with E-state index >= 15 is 0 Å². The lowest BCUT2D eigenvalue weighted by Gasteiger charge is -2.42. The summed E-state index contributed by atoms with van der Waals surface area (Å²) in [5.41, 5.74) is 1.45. The predicted octanol–water partition coefficient (Wildman–Crippen LogP) is 4.70. The minimum absolute atomic E-state index is 0.0194. The molecule has 41 heavy (non-hydrogen) atoms. The van der Waals surface area contributed by atoms with Crippen molar-refractivity contribution in [2.24, 2.45) is 23.7 Å². The average Bonchev–Trinajstić information content (AvgIpc) is 3.63. The molecule has 0 bridgehead atoms. The largest absolute Gasteiger partial charge is 0.390 e. The van der Waals surface area contributed by atoms with Gasteiger partial charge in [0.1, 0.15) is 6.10 Å². The second-order valence-corrected chi connectivity index (χ2v) is 14.5. The maximum atomic E-state index is 14.6. The van der Waals surface area contributed by atoms with E-state index in [0.717, 1.165) is 57.1 Å². The third-order valence-corrected chi connectivity index (χ3v) is 9.49. The third kappa shape index (κ3) is 11.6. The van der Waals surface area contributed by atoms with Crippen LogP contribution in [0.1, 0.15) is 110 Å². The van der Waals surface area contributed by atoms with Gasteiger partial charge in [-0.25, -0.2) is 4.98 Å². The molecule has 0 unspecified atom stereocenters. The highest BCUT2D eigenvalue weighted by Gasteiger charge is 2.40. The van der Waals surface area contributed by atoms with E-state index < -0.39 is 29.8 Å². The Morgan fingerprint density at radius 3 is 2.29 bits per heavy atom. The van der Waals surface area contributed by atoms with E-state index in [1.54, 1.807) is 19.4 Å². The first-order valence-electron chi connectivity index (χ1n) is 16.0. The van der Waals surface area contributed by atoms with Gasteiger partial charge in [0.2, 0.25) is 11.8 Å². The lowest BCUT2D eigenvalue weighted by Crippen LogP contribution is -2.55. The molecule has 8 nitrogen and oxygen atoms in total. The second kappa shape index (κ2) is 16.3. The normalized spacial score (nSPS) is 20.1. The highest BCUT2D eigenvalue weighted by atomic mass is 32.1. The van der Waals surface area contributed by atoms with Crippen molar-refractivity contribution in [1.82, 2.24) is 15.2 Å². The summed E-state index contributed by atoms with van der Waals surface area (Å²) >= 11 is 1.46. The maximum Gasteiger partial charge on any atom is 0.226 e. The van der Waals surface area contributed by atoms with Crippen molar-refractivity contribution in [3.05, 3.63) is 16.6 Å². The van der Waals surface area contributed by atoms with Crippen molar-refractivity contribution in [3.8, 4) is 0 Å². The van der Waals surface area contributed by atoms with Crippen molar-refractivity contribution in [1.29, 1.82) is 0 Å². The number of carbonyl (C=O) groups is 2. The molecule has 9 heteroatoms. The van der Waals surface area contributed by atoms with E-state index in [0.29, 0.717) is 37.6 Å². The molecule has 3 rings (SSSR count). The number of rotatable bonds is 16. The number of thiazole rings is 1. The number of hydrogen-bond acceptors (Lipinski definition) is 7. The van der Waals surface area contributed by atoms with Gasteiger partial charge in [-0.3, -0.25) is 9.59 Å². The van der Waals surface area contributed by atoms with Gasteiger partial charge < -0.3 is 25.5 Å². The molecule has 2 saturated carbocycles. The predicted molar refractivity (Wildman–Crippen MR) is 163 cm³/mol. The highest BCUT2D eigenvalue weighted by Crippen LogP contribution is 2.34. The van der Waals surface area contributed by atoms with Crippen molar-refractivity contribution in [3.63, 3.8) is 0 Å². The zero-order chi connectivity index (χ0) is 30.0. The van der Waals surface area contributed by atoms with Gasteiger partial charge in [0.15, 0.2) is 0 Å². The summed E-state index contributed by atoms with van der Waals surface area (Å²) in [5, 5.41) is 37.6. The van der Waals surface area contributed by atoms with Crippen LogP contribution >= 0.6 is 11.3 Å². The third-order valence-electron chi connectivity index (χ3n) is 8.85. The molecule has 2 amide bonds. The number of carbonyl (C=O) groups excluding carboxylic acids is 2. The van der Waals surface area contributed by atoms with Crippen LogP contribution in [0, 0.1) is 23.7 Å². The van der Waals surface area contributed by atoms with Gasteiger partial charge in [0.05, 0.1) is 34.9 Å². The Hall–Kier alpha value is -1.55. The Labute approximate surface area is 251 Å². The van der Waals surface area contributed by atoms with E-state index in [1.165, 1.54) is 17.8 Å². The first-order chi connectivity index (χ1) is 19.4. The van der Waals surface area contributed by atoms with Gasteiger partial charge in [-0.2, -0.15) is 0 Å². The number of hydrogen-bond donors (Lipinski definition) is 4. The van der Waals surface area contributed by atoms with Crippen LogP contribution in [0.2, 0.25) is 0 Å². The van der Waals surface area contributed by atoms with Crippen LogP contribution in [-0.4, -0.2) is 74.0 Å². The van der Waals surface area contributed by atoms with E-state index in [1.807, 2.05) is 24.1 Å². The van der Waals surface area contributed by atoms with Gasteiger partial charge in [-0.15, -0.1) is 11.3 Å². The van der Waals surface area contributed by atoms with Gasteiger partial charge in [-0.1, -0.05) is 58.8 Å². The minimum atomic E-state index is -1.06. The summed E-state index contributed by atoms with van der Waals surface area (Å²) in [7, 11) is 0. The lowest BCUT2D eigenvalue weighted by molar-refractivity contribution is -0.147. The molecular weight excluding hydrogens is 538 g/mol. The summed E-state index contributed by atoms with van der Waals surface area (Å²) in [6.07, 6.45) is 9.56. The molecule has 4 atom stereocenters. The Kier molecular flexibility index (Phi) is 13.5. The Balaban J connectivity index is 1.93. The Morgan fingerprint density at radius 2 is 1.71 bits per heavy atom. The van der Waals surface area contributed by atoms with Crippen molar-refractivity contribution in [2.75, 3.05) is 13.1 Å². The molecule has 2 aliphatic rings. The lowest BCUT2D eigenvalue weighted by atomic mass is 9.81. The number of nitrogens with zero attached hydrogens (tertiary/aromatic N) is 2. The first-order valence-corrected chi connectivity index (χ1v) is 16.9. The van der Waals surface area contributed by atoms with Crippen molar-refractivity contribution < 1.29 is 24.9 Å². The zero-order valence-electron chi connectivity index (χ0n) is 25.8. The zero-order valence-corrected chi connectivity index (χ0v) is 26.6. The number of aliphatic hydroxyl groups is 3. The van der Waals surface area contributed by atoms with E-state index in [2.05, 4.69) is 10.3 Å². The SMILES string of the molecule is CC(C)C[C@H](O)[C@H](O)[C@H](CC1CCCCC1)N(CC1CCCC1)C(=O)[C@@H](CC(=O)NCC(C)(C)O)Cc1cscn1. The minimum Gasteiger partial charge on any atom is -0.390 e. The van der Waals surface area contributed by atoms with Crippen LogP contribution in [0.4, 0.5) is 0 Å². The molecule has 0 spiro atoms. The van der Waals surface area contributed by atoms with Gasteiger partial charge in [0, 0.05) is 31.3 Å². The summed E-state index contributed by atoms with van der Waals surface area (Å²) in [6, 6.07) is -0.502. The van der Waals surface area contributed by atoms with Gasteiger partial charge in [-0.05, 0) is 57.3 Å². The van der Waals surface area contributed by atoms with Crippen LogP contribution in [0.15, 0.2) is 10.9 Å². The molecule has 2 aliphatic carbocycles. The summed E-state index contributed by atoms with van der Waals surface area (Å²) in [4.78, 5) is 33.9. The quantitative estimate of drug-likeness (QED) is 0.220. The number of amides is 2. The van der Waals surface area contributed by atoms with Crippen LogP contribution in [0.5, 0.6) is 0 Å². The maximum absolute atomic E-state index is 14.6. The molecule has 2 fully saturated rings. The van der Waals surface area contributed by atoms with E-state index in [9.17, 15) is 24.9 Å². The fraction of sp³-hybridized carbons (Fsp3) is 0.844. The van der Waals surface area contributed by atoms with Crippen LogP contribution < -0.4 is 5.32 Å². The van der Waals surface area contributed by atoms with Crippen LogP contribution in [0.25, 0.3) is 0 Å². The fourth-order valence-electron chi connectivity index (χ4n) is 6.64.